The van der Waals surface area contributed by atoms with Crippen LogP contribution in [0.5, 0.6) is 0 Å². The summed E-state index contributed by atoms with van der Waals surface area (Å²) < 4.78 is 26.6. The Labute approximate surface area is 148 Å². The molecule has 0 spiro atoms. The van der Waals surface area contributed by atoms with Crippen LogP contribution in [-0.2, 0) is 6.54 Å². The highest BCUT2D eigenvalue weighted by Gasteiger charge is 2.04. The summed E-state index contributed by atoms with van der Waals surface area (Å²) in [6, 6.07) is 3.40. The van der Waals surface area contributed by atoms with Crippen molar-refractivity contribution in [2.45, 2.75) is 19.9 Å². The Kier molecular flexibility index (Phi) is 11.1. The summed E-state index contributed by atoms with van der Waals surface area (Å²) in [6.07, 6.45) is 0.978. The van der Waals surface area contributed by atoms with E-state index in [-0.39, 0.29) is 36.1 Å². The van der Waals surface area contributed by atoms with Crippen molar-refractivity contribution in [3.63, 3.8) is 0 Å². The average molecular weight is 426 g/mol. The molecule has 1 aromatic rings. The number of nitrogens with zero attached hydrogens (tertiary/aromatic N) is 2. The minimum absolute atomic E-state index is 0. The third-order valence-electron chi connectivity index (χ3n) is 2.83. The standard InChI is InChI=1S/C15H24F2N4.HI/c1-4-18-15(19-8-5-9-21(2)3)20-11-12-10-13(16)6-7-14(12)17;/h6-7,10H,4-5,8-9,11H2,1-3H3,(H2,18,19,20);1H. The van der Waals surface area contributed by atoms with Crippen LogP contribution < -0.4 is 10.6 Å². The van der Waals surface area contributed by atoms with Crippen LogP contribution in [0.25, 0.3) is 0 Å². The quantitative estimate of drug-likeness (QED) is 0.305. The van der Waals surface area contributed by atoms with Gasteiger partial charge in [0.1, 0.15) is 11.6 Å². The highest BCUT2D eigenvalue weighted by molar-refractivity contribution is 14.0. The molecule has 0 heterocycles. The summed E-state index contributed by atoms with van der Waals surface area (Å²) >= 11 is 0. The zero-order valence-corrected chi connectivity index (χ0v) is 15.7. The Morgan fingerprint density at radius 1 is 1.23 bits per heavy atom. The number of halogens is 3. The number of hydrogen-bond donors (Lipinski definition) is 2. The Hall–Kier alpha value is -0.960. The van der Waals surface area contributed by atoms with E-state index in [0.717, 1.165) is 31.6 Å². The van der Waals surface area contributed by atoms with Gasteiger partial charge >= 0.3 is 0 Å². The van der Waals surface area contributed by atoms with Crippen LogP contribution in [0.15, 0.2) is 23.2 Å². The van der Waals surface area contributed by atoms with E-state index >= 15 is 0 Å². The van der Waals surface area contributed by atoms with Crippen molar-refractivity contribution in [2.75, 3.05) is 33.7 Å². The minimum atomic E-state index is -0.453. The van der Waals surface area contributed by atoms with Crippen molar-refractivity contribution >= 4 is 29.9 Å². The predicted octanol–water partition coefficient (Wildman–Crippen LogP) is 2.59. The van der Waals surface area contributed by atoms with E-state index in [2.05, 4.69) is 20.5 Å². The molecule has 0 fully saturated rings. The van der Waals surface area contributed by atoms with Gasteiger partial charge < -0.3 is 15.5 Å². The summed E-state index contributed by atoms with van der Waals surface area (Å²) in [5.74, 6) is -0.283. The topological polar surface area (TPSA) is 39.7 Å². The van der Waals surface area contributed by atoms with E-state index in [4.69, 9.17) is 0 Å². The van der Waals surface area contributed by atoms with Gasteiger partial charge in [-0.1, -0.05) is 0 Å². The minimum Gasteiger partial charge on any atom is -0.357 e. The molecule has 1 rings (SSSR count). The van der Waals surface area contributed by atoms with Gasteiger partial charge in [-0.2, -0.15) is 0 Å². The predicted molar refractivity (Wildman–Crippen MR) is 97.8 cm³/mol. The van der Waals surface area contributed by atoms with Crippen LogP contribution >= 0.6 is 24.0 Å². The van der Waals surface area contributed by atoms with Gasteiger partial charge in [0.05, 0.1) is 6.54 Å². The molecule has 0 saturated heterocycles. The maximum atomic E-state index is 13.5. The number of aliphatic imine (C=N–C) groups is 1. The van der Waals surface area contributed by atoms with Gasteiger partial charge in [-0.25, -0.2) is 13.8 Å². The van der Waals surface area contributed by atoms with Gasteiger partial charge in [0.2, 0.25) is 0 Å². The molecule has 2 N–H and O–H groups in total. The van der Waals surface area contributed by atoms with Crippen LogP contribution in [0.2, 0.25) is 0 Å². The van der Waals surface area contributed by atoms with Gasteiger partial charge in [-0.3, -0.25) is 0 Å². The van der Waals surface area contributed by atoms with E-state index in [1.165, 1.54) is 6.07 Å². The first-order chi connectivity index (χ1) is 10.0. The first-order valence-corrected chi connectivity index (χ1v) is 7.13. The Morgan fingerprint density at radius 2 is 1.95 bits per heavy atom. The summed E-state index contributed by atoms with van der Waals surface area (Å²) in [7, 11) is 4.04. The molecule has 0 aromatic heterocycles. The molecule has 0 amide bonds. The van der Waals surface area contributed by atoms with E-state index in [9.17, 15) is 8.78 Å². The number of benzene rings is 1. The summed E-state index contributed by atoms with van der Waals surface area (Å²) in [4.78, 5) is 6.38. The first kappa shape index (κ1) is 21.0. The van der Waals surface area contributed by atoms with Crippen molar-refractivity contribution in [3.05, 3.63) is 35.4 Å². The molecule has 0 atom stereocenters. The number of nitrogens with one attached hydrogen (secondary N) is 2. The maximum Gasteiger partial charge on any atom is 0.191 e. The van der Waals surface area contributed by atoms with E-state index < -0.39 is 11.6 Å². The Morgan fingerprint density at radius 3 is 2.59 bits per heavy atom. The lowest BCUT2D eigenvalue weighted by Crippen LogP contribution is -2.38. The van der Waals surface area contributed by atoms with Crippen LogP contribution in [0.4, 0.5) is 8.78 Å². The molecule has 22 heavy (non-hydrogen) atoms. The van der Waals surface area contributed by atoms with Gasteiger partial charge in [-0.05, 0) is 52.2 Å². The Balaban J connectivity index is 0.00000441. The van der Waals surface area contributed by atoms with Crippen molar-refractivity contribution in [1.82, 2.24) is 15.5 Å². The zero-order chi connectivity index (χ0) is 15.7. The lowest BCUT2D eigenvalue weighted by molar-refractivity contribution is 0.399. The van der Waals surface area contributed by atoms with Gasteiger partial charge in [0, 0.05) is 18.7 Å². The molecule has 0 aliphatic heterocycles. The highest BCUT2D eigenvalue weighted by atomic mass is 127. The zero-order valence-electron chi connectivity index (χ0n) is 13.3. The van der Waals surface area contributed by atoms with Gasteiger partial charge in [-0.15, -0.1) is 24.0 Å². The summed E-state index contributed by atoms with van der Waals surface area (Å²) in [6.45, 7) is 4.53. The molecule has 4 nitrogen and oxygen atoms in total. The third kappa shape index (κ3) is 8.47. The Bertz CT molecular complexity index is 467. The second-order valence-electron chi connectivity index (χ2n) is 5.01. The van der Waals surface area contributed by atoms with Crippen LogP contribution in [-0.4, -0.2) is 44.6 Å². The maximum absolute atomic E-state index is 13.5. The molecule has 0 aliphatic rings. The van der Waals surface area contributed by atoms with Crippen LogP contribution in [0, 0.1) is 11.6 Å². The number of guanidine groups is 1. The van der Waals surface area contributed by atoms with Gasteiger partial charge in [0.15, 0.2) is 5.96 Å². The summed E-state index contributed by atoms with van der Waals surface area (Å²) in [5, 5.41) is 6.26. The SMILES string of the molecule is CCNC(=NCc1cc(F)ccc1F)NCCCN(C)C.I. The second kappa shape index (κ2) is 11.6. The van der Waals surface area contributed by atoms with E-state index in [0.29, 0.717) is 12.5 Å². The normalized spacial score (nSPS) is 11.3. The van der Waals surface area contributed by atoms with E-state index in [1.54, 1.807) is 0 Å². The van der Waals surface area contributed by atoms with Crippen molar-refractivity contribution < 1.29 is 8.78 Å². The van der Waals surface area contributed by atoms with Crippen LogP contribution in [0.1, 0.15) is 18.9 Å². The number of rotatable bonds is 7. The average Bonchev–Trinajstić information content (AvgIpc) is 2.43. The fraction of sp³-hybridized carbons (Fsp3) is 0.533. The second-order valence-corrected chi connectivity index (χ2v) is 5.01. The smallest absolute Gasteiger partial charge is 0.191 e. The van der Waals surface area contributed by atoms with Crippen molar-refractivity contribution in [1.29, 1.82) is 0 Å². The molecule has 126 valence electrons. The first-order valence-electron chi connectivity index (χ1n) is 7.13. The molecule has 0 unspecified atom stereocenters. The molecular formula is C15H25F2IN4. The van der Waals surface area contributed by atoms with Crippen LogP contribution in [0.3, 0.4) is 0 Å². The molecule has 0 radical (unpaired) electrons. The largest absolute Gasteiger partial charge is 0.357 e. The molecule has 0 bridgehead atoms. The molecular weight excluding hydrogens is 401 g/mol. The number of hydrogen-bond acceptors (Lipinski definition) is 2. The van der Waals surface area contributed by atoms with Gasteiger partial charge in [0.25, 0.3) is 0 Å². The lowest BCUT2D eigenvalue weighted by atomic mass is 10.2. The summed E-state index contributed by atoms with van der Waals surface area (Å²) in [5.41, 5.74) is 0.250. The third-order valence-corrected chi connectivity index (χ3v) is 2.83. The molecule has 7 heteroatoms. The van der Waals surface area contributed by atoms with E-state index in [1.807, 2.05) is 21.0 Å². The molecule has 0 aliphatic carbocycles. The molecule has 0 saturated carbocycles. The fourth-order valence-electron chi connectivity index (χ4n) is 1.77. The fourth-order valence-corrected chi connectivity index (χ4v) is 1.77. The monoisotopic (exact) mass is 426 g/mol. The lowest BCUT2D eigenvalue weighted by Gasteiger charge is -2.13. The van der Waals surface area contributed by atoms with Crippen molar-refractivity contribution in [3.8, 4) is 0 Å². The molecule has 1 aromatic carbocycles. The highest BCUT2D eigenvalue weighted by Crippen LogP contribution is 2.10. The van der Waals surface area contributed by atoms with Crippen molar-refractivity contribution in [2.24, 2.45) is 4.99 Å².